The van der Waals surface area contributed by atoms with Gasteiger partial charge in [0.2, 0.25) is 11.8 Å². The van der Waals surface area contributed by atoms with Gasteiger partial charge in [-0.3, -0.25) is 39.2 Å². The predicted molar refractivity (Wildman–Crippen MR) is 234 cm³/mol. The van der Waals surface area contributed by atoms with E-state index in [1.54, 1.807) is 28.8 Å². The molecular formula is C44H51N11O9. The zero-order valence-electron chi connectivity index (χ0n) is 35.3. The first-order valence-corrected chi connectivity index (χ1v) is 20.8. The van der Waals surface area contributed by atoms with Crippen LogP contribution in [-0.4, -0.2) is 126 Å². The lowest BCUT2D eigenvalue weighted by molar-refractivity contribution is -0.136. The topological polar surface area (TPSA) is 278 Å². The molecule has 1 aromatic heterocycles. The first-order valence-electron chi connectivity index (χ1n) is 20.8. The molecule has 5 amide bonds. The fraction of sp³-hybridized carbons (Fsp3) is 0.341. The van der Waals surface area contributed by atoms with Crippen LogP contribution in [0, 0.1) is 0 Å². The SMILES string of the molecule is CN=C(N)c1c(-c2ccc(Oc3ccccc3)cc2)nn(C2CCCN(C(=O)/C(N)=C/N(N)CCOCCOCCOc3cccc4c3C(=O)N(C3CCC(=O)NC3=O)C4=O)C2)c1N. The van der Waals surface area contributed by atoms with Crippen LogP contribution in [0.25, 0.3) is 11.3 Å². The van der Waals surface area contributed by atoms with E-state index in [-0.39, 0.29) is 92.8 Å². The number of fused-ring (bicyclic) bond motifs is 1. The molecule has 3 aliphatic heterocycles. The average molecular weight is 878 g/mol. The van der Waals surface area contributed by atoms with Crippen molar-refractivity contribution in [1.82, 2.24) is 29.9 Å². The lowest BCUT2D eigenvalue weighted by Crippen LogP contribution is -2.54. The van der Waals surface area contributed by atoms with Crippen molar-refractivity contribution < 1.29 is 42.9 Å². The third-order valence-corrected chi connectivity index (χ3v) is 10.9. The number of hydrazine groups is 1. The highest BCUT2D eigenvalue weighted by Crippen LogP contribution is 2.35. The molecule has 2 atom stereocenters. The number of rotatable bonds is 18. The minimum absolute atomic E-state index is 0.0252. The minimum Gasteiger partial charge on any atom is -0.490 e. The van der Waals surface area contributed by atoms with Gasteiger partial charge in [-0.05, 0) is 67.8 Å². The fourth-order valence-corrected chi connectivity index (χ4v) is 7.72. The molecule has 2 saturated heterocycles. The fourth-order valence-electron chi connectivity index (χ4n) is 7.72. The first kappa shape index (κ1) is 44.8. The van der Waals surface area contributed by atoms with Crippen molar-refractivity contribution in [3.8, 4) is 28.5 Å². The summed E-state index contributed by atoms with van der Waals surface area (Å²) < 4.78 is 24.7. The number of amides is 5. The highest BCUT2D eigenvalue weighted by molar-refractivity contribution is 6.24. The number of benzene rings is 3. The number of nitrogen functional groups attached to an aromatic ring is 1. The van der Waals surface area contributed by atoms with Gasteiger partial charge in [0.15, 0.2) is 0 Å². The number of hydrogen-bond donors (Lipinski definition) is 5. The summed E-state index contributed by atoms with van der Waals surface area (Å²) in [7, 11) is 1.59. The Morgan fingerprint density at radius 2 is 1.62 bits per heavy atom. The third-order valence-electron chi connectivity index (χ3n) is 10.9. The Bertz CT molecular complexity index is 2440. The molecule has 0 aliphatic carbocycles. The van der Waals surface area contributed by atoms with Crippen molar-refractivity contribution in [1.29, 1.82) is 0 Å². The van der Waals surface area contributed by atoms with Crippen molar-refractivity contribution in [3.05, 3.63) is 101 Å². The number of hydrogen-bond acceptors (Lipinski definition) is 15. The Labute approximate surface area is 368 Å². The number of anilines is 1. The van der Waals surface area contributed by atoms with Crippen LogP contribution >= 0.6 is 0 Å². The van der Waals surface area contributed by atoms with Crippen LogP contribution in [-0.2, 0) is 23.9 Å². The Morgan fingerprint density at radius 3 is 2.36 bits per heavy atom. The van der Waals surface area contributed by atoms with Crippen molar-refractivity contribution in [3.63, 3.8) is 0 Å². The molecule has 0 spiro atoms. The molecule has 64 heavy (non-hydrogen) atoms. The van der Waals surface area contributed by atoms with Gasteiger partial charge in [0.05, 0.1) is 55.7 Å². The molecular weight excluding hydrogens is 827 g/mol. The largest absolute Gasteiger partial charge is 0.490 e. The summed E-state index contributed by atoms with van der Waals surface area (Å²) in [5, 5.41) is 8.36. The van der Waals surface area contributed by atoms with Gasteiger partial charge in [0.1, 0.15) is 52.9 Å². The summed E-state index contributed by atoms with van der Waals surface area (Å²) in [4.78, 5) is 70.5. The Morgan fingerprint density at radius 1 is 0.906 bits per heavy atom. The number of ether oxygens (including phenoxy) is 4. The summed E-state index contributed by atoms with van der Waals surface area (Å²) >= 11 is 0. The average Bonchev–Trinajstić information content (AvgIpc) is 3.78. The van der Waals surface area contributed by atoms with Gasteiger partial charge in [-0.15, -0.1) is 0 Å². The Hall–Kier alpha value is -7.29. The summed E-state index contributed by atoms with van der Waals surface area (Å²) in [6.45, 7) is 1.93. The number of amidine groups is 1. The standard InChI is InChI=1S/C44H51N11O9/c1-49-39(46)37-38(27-12-14-30(15-13-27)64-29-8-3-2-4-9-29)51-55(40(37)47)28-7-6-18-52(25-28)43(59)32(45)26-53(48)19-20-61-21-22-62-23-24-63-34-11-5-10-31-36(34)44(60)54(42(31)58)33-16-17-35(56)50-41(33)57/h2-5,8-15,26,28,33H,6-7,16-25,45,47-48H2,1H3,(H2,46,49)(H,50,56,57)/b32-26-. The van der Waals surface area contributed by atoms with Crippen LogP contribution in [0.5, 0.6) is 17.2 Å². The molecule has 20 nitrogen and oxygen atoms in total. The Kier molecular flexibility index (Phi) is 14.2. The van der Waals surface area contributed by atoms with Gasteiger partial charge in [-0.1, -0.05) is 24.3 Å². The van der Waals surface area contributed by atoms with E-state index in [0.29, 0.717) is 54.5 Å². The van der Waals surface area contributed by atoms with E-state index >= 15 is 0 Å². The predicted octanol–water partition coefficient (Wildman–Crippen LogP) is 1.91. The number of nitrogens with two attached hydrogens (primary N) is 4. The van der Waals surface area contributed by atoms with Gasteiger partial charge >= 0.3 is 0 Å². The van der Waals surface area contributed by atoms with Crippen molar-refractivity contribution >= 4 is 41.2 Å². The molecule has 4 heterocycles. The molecule has 0 bridgehead atoms. The number of aliphatic imine (C=N–C) groups is 1. The van der Waals surface area contributed by atoms with E-state index in [0.717, 1.165) is 10.5 Å². The molecule has 3 aliphatic rings. The maximum absolute atomic E-state index is 13.5. The lowest BCUT2D eigenvalue weighted by atomic mass is 10.0. The second-order valence-electron chi connectivity index (χ2n) is 15.2. The summed E-state index contributed by atoms with van der Waals surface area (Å²) in [5.41, 5.74) is 21.3. The van der Waals surface area contributed by atoms with Crippen molar-refractivity contribution in [2.75, 3.05) is 65.5 Å². The number of nitrogens with zero attached hydrogens (tertiary/aromatic N) is 6. The van der Waals surface area contributed by atoms with Crippen LogP contribution < -0.4 is 37.8 Å². The van der Waals surface area contributed by atoms with Crippen LogP contribution in [0.2, 0.25) is 0 Å². The van der Waals surface area contributed by atoms with E-state index in [9.17, 15) is 24.0 Å². The first-order chi connectivity index (χ1) is 30.9. The van der Waals surface area contributed by atoms with Crippen LogP contribution in [0.3, 0.4) is 0 Å². The van der Waals surface area contributed by atoms with Gasteiger partial charge in [-0.2, -0.15) is 5.10 Å². The smallest absolute Gasteiger partial charge is 0.271 e. The zero-order valence-corrected chi connectivity index (χ0v) is 35.3. The molecule has 20 heteroatoms. The summed E-state index contributed by atoms with van der Waals surface area (Å²) in [5.74, 6) is 5.48. The number of likely N-dealkylation sites (tertiary alicyclic amines) is 1. The lowest BCUT2D eigenvalue weighted by Gasteiger charge is -2.33. The van der Waals surface area contributed by atoms with Crippen LogP contribution in [0.4, 0.5) is 5.82 Å². The third kappa shape index (κ3) is 9.99. The van der Waals surface area contributed by atoms with Gasteiger partial charge in [-0.25, -0.2) is 10.5 Å². The molecule has 0 saturated carbocycles. The zero-order chi connectivity index (χ0) is 45.3. The molecule has 2 unspecified atom stereocenters. The Balaban J connectivity index is 0.843. The van der Waals surface area contributed by atoms with Crippen LogP contribution in [0.15, 0.2) is 89.7 Å². The van der Waals surface area contributed by atoms with E-state index in [4.69, 9.17) is 47.1 Å². The van der Waals surface area contributed by atoms with E-state index in [2.05, 4.69) is 10.3 Å². The number of imide groups is 2. The van der Waals surface area contributed by atoms with Crippen LogP contribution in [0.1, 0.15) is 58.0 Å². The summed E-state index contributed by atoms with van der Waals surface area (Å²) in [6, 6.07) is 20.2. The normalized spacial score (nSPS) is 18.0. The van der Waals surface area contributed by atoms with Gasteiger partial charge in [0.25, 0.3) is 17.7 Å². The number of nitrogens with one attached hydrogen (secondary N) is 1. The molecule has 2 fully saturated rings. The second-order valence-corrected chi connectivity index (χ2v) is 15.2. The number of para-hydroxylation sites is 1. The highest BCUT2D eigenvalue weighted by Gasteiger charge is 2.46. The summed E-state index contributed by atoms with van der Waals surface area (Å²) in [6.07, 6.45) is 2.85. The molecule has 0 radical (unpaired) electrons. The van der Waals surface area contributed by atoms with E-state index in [1.165, 1.54) is 17.3 Å². The quantitative estimate of drug-likeness (QED) is 0.0182. The second kappa shape index (κ2) is 20.3. The molecule has 3 aromatic carbocycles. The molecule has 7 rings (SSSR count). The number of aromatic nitrogens is 2. The molecule has 336 valence electrons. The van der Waals surface area contributed by atoms with Gasteiger partial charge < -0.3 is 46.1 Å². The maximum atomic E-state index is 13.5. The highest BCUT2D eigenvalue weighted by atomic mass is 16.5. The maximum Gasteiger partial charge on any atom is 0.271 e. The number of carbonyl (C=O) groups is 5. The van der Waals surface area contributed by atoms with Crippen molar-refractivity contribution in [2.45, 2.75) is 37.8 Å². The number of piperidine rings is 2. The number of carbonyl (C=O) groups excluding carboxylic acids is 5. The van der Waals surface area contributed by atoms with Gasteiger partial charge in [0, 0.05) is 38.3 Å². The molecule has 9 N–H and O–H groups in total. The molecule has 4 aromatic rings. The van der Waals surface area contributed by atoms with E-state index in [1.807, 2.05) is 54.6 Å². The van der Waals surface area contributed by atoms with Crippen molar-refractivity contribution in [2.24, 2.45) is 22.3 Å². The monoisotopic (exact) mass is 877 g/mol. The van der Waals surface area contributed by atoms with E-state index < -0.39 is 29.7 Å². The minimum atomic E-state index is -1.07.